The zero-order valence-electron chi connectivity index (χ0n) is 19.5. The van der Waals surface area contributed by atoms with E-state index in [1.54, 1.807) is 0 Å². The highest BCUT2D eigenvalue weighted by atomic mass is 16.5. The molecular formula is C26H38O5. The van der Waals surface area contributed by atoms with Gasteiger partial charge in [0.2, 0.25) is 0 Å². The molecule has 4 rings (SSSR count). The molecule has 0 aromatic carbocycles. The molecule has 4 aliphatic carbocycles. The van der Waals surface area contributed by atoms with Crippen molar-refractivity contribution in [2.45, 2.75) is 72.6 Å². The summed E-state index contributed by atoms with van der Waals surface area (Å²) in [5, 5.41) is 10.9. The van der Waals surface area contributed by atoms with Crippen LogP contribution in [-0.2, 0) is 19.1 Å². The third kappa shape index (κ3) is 2.68. The summed E-state index contributed by atoms with van der Waals surface area (Å²) in [5.41, 5.74) is -2.00. The monoisotopic (exact) mass is 430 g/mol. The number of hydrogen-bond acceptors (Lipinski definition) is 4. The highest BCUT2D eigenvalue weighted by Gasteiger charge is 2.84. The summed E-state index contributed by atoms with van der Waals surface area (Å²) < 4.78 is 6.23. The molecule has 3 saturated carbocycles. The van der Waals surface area contributed by atoms with Crippen LogP contribution in [0, 0.1) is 45.8 Å². The van der Waals surface area contributed by atoms with Crippen molar-refractivity contribution in [3.05, 3.63) is 11.6 Å². The number of ketones is 1. The van der Waals surface area contributed by atoms with E-state index in [4.69, 9.17) is 4.74 Å². The Bertz CT molecular complexity index is 800. The van der Waals surface area contributed by atoms with Gasteiger partial charge < -0.3 is 14.6 Å². The zero-order valence-corrected chi connectivity index (χ0v) is 19.5. The normalized spacial score (nSPS) is 42.7. The minimum Gasteiger partial charge on any atom is -0.481 e. The SMILES string of the molecule is CCCCCCOC[C@@]12C[C@@H]3[C@H](C)C(=O)C[C@H]3[C@@]3(C=O)C[C@@H]1C=C(C(C)C)[C@@]23C(=O)O. The standard InChI is InChI=1S/C26H38O5/c1-5-6-7-8-9-31-15-25-13-19-17(4)22(28)11-21(19)24(14-27)12-18(25)10-20(16(2)3)26(24,25)23(29)30/h10,14,16-19,21H,5-9,11-13,15H2,1-4H3,(H,29,30)/t17-,18-,19+,21+,24-,25-,26-/m0/s1. The van der Waals surface area contributed by atoms with Crippen LogP contribution in [0.5, 0.6) is 0 Å². The van der Waals surface area contributed by atoms with Crippen molar-refractivity contribution in [2.75, 3.05) is 13.2 Å². The van der Waals surface area contributed by atoms with Gasteiger partial charge in [-0.2, -0.15) is 0 Å². The van der Waals surface area contributed by atoms with Crippen LogP contribution < -0.4 is 0 Å². The number of unbranched alkanes of at least 4 members (excludes halogenated alkanes) is 3. The van der Waals surface area contributed by atoms with Gasteiger partial charge in [0.05, 0.1) is 12.0 Å². The number of carboxylic acids is 1. The number of ether oxygens (including phenoxy) is 1. The van der Waals surface area contributed by atoms with Crippen LogP contribution in [0.15, 0.2) is 11.6 Å². The Kier molecular flexibility index (Phi) is 5.73. The summed E-state index contributed by atoms with van der Waals surface area (Å²) >= 11 is 0. The highest BCUT2D eigenvalue weighted by Crippen LogP contribution is 2.82. The van der Waals surface area contributed by atoms with E-state index in [0.29, 0.717) is 32.5 Å². The van der Waals surface area contributed by atoms with Crippen molar-refractivity contribution in [2.24, 2.45) is 45.8 Å². The van der Waals surface area contributed by atoms with Crippen molar-refractivity contribution in [1.29, 1.82) is 0 Å². The molecule has 5 nitrogen and oxygen atoms in total. The summed E-state index contributed by atoms with van der Waals surface area (Å²) in [6.45, 7) is 9.20. The van der Waals surface area contributed by atoms with Crippen LogP contribution in [0.4, 0.5) is 0 Å². The number of hydrogen-bond donors (Lipinski definition) is 1. The number of carbonyl (C=O) groups excluding carboxylic acids is 2. The van der Waals surface area contributed by atoms with Crippen molar-refractivity contribution in [1.82, 2.24) is 0 Å². The van der Waals surface area contributed by atoms with Crippen LogP contribution in [0.1, 0.15) is 72.6 Å². The molecule has 7 atom stereocenters. The van der Waals surface area contributed by atoms with Gasteiger partial charge in [-0.15, -0.1) is 0 Å². The molecule has 5 heteroatoms. The molecule has 3 fully saturated rings. The smallest absolute Gasteiger partial charge is 0.315 e. The second-order valence-corrected chi connectivity index (χ2v) is 11.0. The van der Waals surface area contributed by atoms with Gasteiger partial charge in [-0.1, -0.05) is 58.6 Å². The van der Waals surface area contributed by atoms with Gasteiger partial charge in [0.15, 0.2) is 0 Å². The van der Waals surface area contributed by atoms with Crippen molar-refractivity contribution in [3.8, 4) is 0 Å². The molecule has 0 aromatic rings. The number of aldehydes is 1. The minimum absolute atomic E-state index is 0.0229. The first-order valence-corrected chi connectivity index (χ1v) is 12.3. The van der Waals surface area contributed by atoms with E-state index in [-0.39, 0.29) is 35.4 Å². The third-order valence-corrected chi connectivity index (χ3v) is 9.53. The molecule has 0 aromatic heterocycles. The van der Waals surface area contributed by atoms with E-state index in [1.165, 1.54) is 6.42 Å². The van der Waals surface area contributed by atoms with Crippen molar-refractivity contribution in [3.63, 3.8) is 0 Å². The predicted molar refractivity (Wildman–Crippen MR) is 117 cm³/mol. The number of rotatable bonds is 10. The van der Waals surface area contributed by atoms with Crippen molar-refractivity contribution < 1.29 is 24.2 Å². The van der Waals surface area contributed by atoms with E-state index < -0.39 is 22.2 Å². The molecule has 0 saturated heterocycles. The second kappa shape index (κ2) is 7.83. The lowest BCUT2D eigenvalue weighted by atomic mass is 9.43. The Morgan fingerprint density at radius 3 is 2.65 bits per heavy atom. The van der Waals surface area contributed by atoms with E-state index in [2.05, 4.69) is 13.0 Å². The second-order valence-electron chi connectivity index (χ2n) is 11.0. The molecular weight excluding hydrogens is 392 g/mol. The van der Waals surface area contributed by atoms with Crippen molar-refractivity contribution >= 4 is 18.0 Å². The van der Waals surface area contributed by atoms with Crippen LogP contribution in [0.3, 0.4) is 0 Å². The Morgan fingerprint density at radius 1 is 1.29 bits per heavy atom. The number of allylic oxidation sites excluding steroid dienone is 1. The van der Waals surface area contributed by atoms with Gasteiger partial charge in [-0.25, -0.2) is 0 Å². The van der Waals surface area contributed by atoms with E-state index >= 15 is 0 Å². The maximum Gasteiger partial charge on any atom is 0.315 e. The van der Waals surface area contributed by atoms with Crippen LogP contribution >= 0.6 is 0 Å². The van der Waals surface area contributed by atoms with Crippen LogP contribution in [0.2, 0.25) is 0 Å². The third-order valence-electron chi connectivity index (χ3n) is 9.53. The Morgan fingerprint density at radius 2 is 2.03 bits per heavy atom. The average molecular weight is 431 g/mol. The number of aliphatic carboxylic acids is 1. The van der Waals surface area contributed by atoms with Gasteiger partial charge in [-0.3, -0.25) is 9.59 Å². The molecule has 172 valence electrons. The fraction of sp³-hybridized carbons (Fsp3) is 0.808. The summed E-state index contributed by atoms with van der Waals surface area (Å²) in [7, 11) is 0. The van der Waals surface area contributed by atoms with E-state index in [9.17, 15) is 19.5 Å². The summed E-state index contributed by atoms with van der Waals surface area (Å²) in [5.74, 6) is -0.858. The largest absolute Gasteiger partial charge is 0.481 e. The fourth-order valence-corrected chi connectivity index (χ4v) is 8.29. The lowest BCUT2D eigenvalue weighted by molar-refractivity contribution is -0.186. The number of Topliss-reactive ketones (excluding diaryl/α,β-unsaturated/α-hetero) is 1. The maximum atomic E-state index is 13.3. The topological polar surface area (TPSA) is 80.7 Å². The lowest BCUT2D eigenvalue weighted by Crippen LogP contribution is -2.63. The molecule has 1 N–H and O–H groups in total. The van der Waals surface area contributed by atoms with Crippen LogP contribution in [-0.4, -0.2) is 36.4 Å². The van der Waals surface area contributed by atoms with Gasteiger partial charge >= 0.3 is 5.97 Å². The Hall–Kier alpha value is -1.49. The Balaban J connectivity index is 1.78. The lowest BCUT2D eigenvalue weighted by Gasteiger charge is -2.58. The molecule has 4 aliphatic rings. The van der Waals surface area contributed by atoms with Gasteiger partial charge in [-0.05, 0) is 42.9 Å². The fourth-order valence-electron chi connectivity index (χ4n) is 8.29. The first-order valence-electron chi connectivity index (χ1n) is 12.3. The maximum absolute atomic E-state index is 13.3. The Labute approximate surface area is 186 Å². The van der Waals surface area contributed by atoms with Crippen LogP contribution in [0.25, 0.3) is 0 Å². The van der Waals surface area contributed by atoms with Gasteiger partial charge in [0.25, 0.3) is 0 Å². The highest BCUT2D eigenvalue weighted by molar-refractivity contribution is 5.92. The molecule has 0 heterocycles. The summed E-state index contributed by atoms with van der Waals surface area (Å²) in [4.78, 5) is 38.9. The quantitative estimate of drug-likeness (QED) is 0.309. The summed E-state index contributed by atoms with van der Waals surface area (Å²) in [6, 6.07) is 0. The predicted octanol–water partition coefficient (Wildman–Crippen LogP) is 4.69. The molecule has 31 heavy (non-hydrogen) atoms. The molecule has 0 radical (unpaired) electrons. The molecule has 0 spiro atoms. The molecule has 0 amide bonds. The van der Waals surface area contributed by atoms with Gasteiger partial charge in [0, 0.05) is 24.4 Å². The number of fused-ring (bicyclic) bond motifs is 2. The molecule has 4 bridgehead atoms. The van der Waals surface area contributed by atoms with E-state index in [0.717, 1.165) is 31.1 Å². The van der Waals surface area contributed by atoms with Gasteiger partial charge in [0.1, 0.15) is 17.5 Å². The number of carbonyl (C=O) groups is 3. The average Bonchev–Trinajstić information content (AvgIpc) is 3.25. The van der Waals surface area contributed by atoms with E-state index in [1.807, 2.05) is 20.8 Å². The molecule has 0 aliphatic heterocycles. The molecule has 0 unspecified atom stereocenters. The first-order chi connectivity index (χ1) is 14.7. The zero-order chi connectivity index (χ0) is 22.6. The first kappa shape index (κ1) is 22.7. The minimum atomic E-state index is -1.25. The summed E-state index contributed by atoms with van der Waals surface area (Å²) in [6.07, 6.45) is 9.09. The number of carboxylic acid groups (broad SMARTS) is 1.